The summed E-state index contributed by atoms with van der Waals surface area (Å²) in [6, 6.07) is 19.0. The maximum atomic E-state index is 13.6. The van der Waals surface area contributed by atoms with Crippen LogP contribution >= 0.6 is 0 Å². The van der Waals surface area contributed by atoms with E-state index < -0.39 is 10.0 Å². The van der Waals surface area contributed by atoms with Gasteiger partial charge in [0.1, 0.15) is 5.82 Å². The number of hydrogen-bond donors (Lipinski definition) is 0. The van der Waals surface area contributed by atoms with Crippen molar-refractivity contribution < 1.29 is 12.8 Å². The fourth-order valence-electron chi connectivity index (χ4n) is 3.92. The van der Waals surface area contributed by atoms with Crippen LogP contribution in [-0.4, -0.2) is 64.0 Å². The van der Waals surface area contributed by atoms with Gasteiger partial charge < -0.3 is 0 Å². The van der Waals surface area contributed by atoms with Gasteiger partial charge in [-0.3, -0.25) is 4.90 Å². The highest BCUT2D eigenvalue weighted by Crippen LogP contribution is 2.23. The SMILES string of the molecule is O=S(=O)(c1ccc2ccccc2c1)N1CCN(Cc2nnnn2-c2cccc(F)c2)CC1. The van der Waals surface area contributed by atoms with E-state index >= 15 is 0 Å². The number of nitrogens with zero attached hydrogens (tertiary/aromatic N) is 6. The van der Waals surface area contributed by atoms with Crippen LogP contribution in [0.2, 0.25) is 0 Å². The van der Waals surface area contributed by atoms with Crippen LogP contribution < -0.4 is 0 Å². The summed E-state index contributed by atoms with van der Waals surface area (Å²) in [5.74, 6) is 0.206. The van der Waals surface area contributed by atoms with E-state index in [0.717, 1.165) is 10.8 Å². The van der Waals surface area contributed by atoms with Gasteiger partial charge in [-0.25, -0.2) is 12.8 Å². The minimum Gasteiger partial charge on any atom is -0.293 e. The summed E-state index contributed by atoms with van der Waals surface area (Å²) in [5.41, 5.74) is 0.544. The maximum absolute atomic E-state index is 13.6. The van der Waals surface area contributed by atoms with Crippen LogP contribution in [0.4, 0.5) is 4.39 Å². The second kappa shape index (κ2) is 8.38. The van der Waals surface area contributed by atoms with E-state index in [1.807, 2.05) is 30.3 Å². The minimum absolute atomic E-state index is 0.305. The topological polar surface area (TPSA) is 84.2 Å². The fraction of sp³-hybridized carbons (Fsp3) is 0.227. The molecule has 164 valence electrons. The number of piperazine rings is 1. The molecule has 0 aliphatic carbocycles. The molecule has 0 N–H and O–H groups in total. The normalized spacial score (nSPS) is 15.9. The highest BCUT2D eigenvalue weighted by atomic mass is 32.2. The Kier molecular flexibility index (Phi) is 5.41. The molecule has 1 aliphatic heterocycles. The third kappa shape index (κ3) is 3.99. The Morgan fingerprint density at radius 2 is 1.66 bits per heavy atom. The second-order valence-corrected chi connectivity index (χ2v) is 9.61. The van der Waals surface area contributed by atoms with Crippen LogP contribution in [0.15, 0.2) is 71.6 Å². The smallest absolute Gasteiger partial charge is 0.243 e. The molecule has 5 rings (SSSR count). The molecule has 1 aromatic heterocycles. The Labute approximate surface area is 184 Å². The third-order valence-electron chi connectivity index (χ3n) is 5.64. The van der Waals surface area contributed by atoms with Crippen molar-refractivity contribution in [3.8, 4) is 5.69 Å². The molecule has 8 nitrogen and oxygen atoms in total. The standard InChI is InChI=1S/C22H21FN6O2S/c23-19-6-3-7-20(15-19)29-22(24-25-26-29)16-27-10-12-28(13-11-27)32(30,31)21-9-8-17-4-1-2-5-18(17)14-21/h1-9,14-15H,10-13,16H2. The van der Waals surface area contributed by atoms with Gasteiger partial charge in [-0.2, -0.15) is 8.99 Å². The van der Waals surface area contributed by atoms with Crippen molar-refractivity contribution in [3.63, 3.8) is 0 Å². The van der Waals surface area contributed by atoms with Gasteiger partial charge in [0.2, 0.25) is 10.0 Å². The van der Waals surface area contributed by atoms with Crippen molar-refractivity contribution in [2.45, 2.75) is 11.4 Å². The van der Waals surface area contributed by atoms with Gasteiger partial charge in [0.05, 0.1) is 17.1 Å². The van der Waals surface area contributed by atoms with Crippen molar-refractivity contribution in [1.29, 1.82) is 0 Å². The lowest BCUT2D eigenvalue weighted by Crippen LogP contribution is -2.48. The first kappa shape index (κ1) is 20.7. The number of hydrogen-bond acceptors (Lipinski definition) is 6. The lowest BCUT2D eigenvalue weighted by atomic mass is 10.1. The average molecular weight is 453 g/mol. The molecule has 0 spiro atoms. The Balaban J connectivity index is 1.28. The van der Waals surface area contributed by atoms with Crippen molar-refractivity contribution in [2.75, 3.05) is 26.2 Å². The maximum Gasteiger partial charge on any atom is 0.243 e. The lowest BCUT2D eigenvalue weighted by Gasteiger charge is -2.33. The monoisotopic (exact) mass is 452 g/mol. The molecule has 3 aromatic carbocycles. The van der Waals surface area contributed by atoms with Crippen molar-refractivity contribution in [1.82, 2.24) is 29.4 Å². The van der Waals surface area contributed by atoms with Gasteiger partial charge in [-0.15, -0.1) is 5.10 Å². The largest absolute Gasteiger partial charge is 0.293 e. The van der Waals surface area contributed by atoms with Crippen molar-refractivity contribution in [3.05, 3.63) is 78.4 Å². The molecular weight excluding hydrogens is 431 g/mol. The van der Waals surface area contributed by atoms with E-state index in [4.69, 9.17) is 0 Å². The molecule has 0 amide bonds. The van der Waals surface area contributed by atoms with E-state index in [2.05, 4.69) is 20.4 Å². The number of rotatable bonds is 5. The second-order valence-electron chi connectivity index (χ2n) is 7.68. The third-order valence-corrected chi connectivity index (χ3v) is 7.54. The van der Waals surface area contributed by atoms with Crippen LogP contribution in [0.3, 0.4) is 0 Å². The first-order chi connectivity index (χ1) is 15.5. The van der Waals surface area contributed by atoms with Gasteiger partial charge in [-0.05, 0) is 51.5 Å². The molecule has 10 heteroatoms. The number of sulfonamides is 1. The zero-order chi connectivity index (χ0) is 22.1. The molecular formula is C22H21FN6O2S. The van der Waals surface area contributed by atoms with Crippen LogP contribution in [0.25, 0.3) is 16.5 Å². The van der Waals surface area contributed by atoms with E-state index in [-0.39, 0.29) is 5.82 Å². The molecule has 4 aromatic rings. The van der Waals surface area contributed by atoms with E-state index in [0.29, 0.717) is 49.1 Å². The van der Waals surface area contributed by atoms with Crippen LogP contribution in [0.1, 0.15) is 5.82 Å². The lowest BCUT2D eigenvalue weighted by molar-refractivity contribution is 0.177. The summed E-state index contributed by atoms with van der Waals surface area (Å²) in [5, 5.41) is 13.7. The molecule has 1 aliphatic rings. The first-order valence-corrected chi connectivity index (χ1v) is 11.7. The average Bonchev–Trinajstić information content (AvgIpc) is 3.27. The van der Waals surface area contributed by atoms with Crippen molar-refractivity contribution in [2.24, 2.45) is 0 Å². The Bertz CT molecular complexity index is 1370. The Hall–Kier alpha value is -3.21. The first-order valence-electron chi connectivity index (χ1n) is 10.3. The summed E-state index contributed by atoms with van der Waals surface area (Å²) in [6.07, 6.45) is 0. The zero-order valence-electron chi connectivity index (χ0n) is 17.2. The predicted octanol–water partition coefficient (Wildman–Crippen LogP) is 2.46. The van der Waals surface area contributed by atoms with Crippen LogP contribution in [0, 0.1) is 5.82 Å². The summed E-state index contributed by atoms with van der Waals surface area (Å²) in [4.78, 5) is 2.40. The van der Waals surface area contributed by atoms with E-state index in [1.165, 1.54) is 21.1 Å². The molecule has 0 bridgehead atoms. The van der Waals surface area contributed by atoms with E-state index in [9.17, 15) is 12.8 Å². The molecule has 1 saturated heterocycles. The molecule has 0 radical (unpaired) electrons. The highest BCUT2D eigenvalue weighted by Gasteiger charge is 2.29. The Morgan fingerprint density at radius 3 is 2.44 bits per heavy atom. The number of halogens is 1. The quantitative estimate of drug-likeness (QED) is 0.463. The summed E-state index contributed by atoms with van der Waals surface area (Å²) >= 11 is 0. The molecule has 1 fully saturated rings. The number of aromatic nitrogens is 4. The predicted molar refractivity (Wildman–Crippen MR) is 117 cm³/mol. The summed E-state index contributed by atoms with van der Waals surface area (Å²) < 4.78 is 42.9. The van der Waals surface area contributed by atoms with Crippen LogP contribution in [0.5, 0.6) is 0 Å². The van der Waals surface area contributed by atoms with E-state index in [1.54, 1.807) is 24.3 Å². The molecule has 2 heterocycles. The highest BCUT2D eigenvalue weighted by molar-refractivity contribution is 7.89. The summed E-state index contributed by atoms with van der Waals surface area (Å²) in [7, 11) is -3.58. The number of fused-ring (bicyclic) bond motifs is 1. The zero-order valence-corrected chi connectivity index (χ0v) is 18.0. The fourth-order valence-corrected chi connectivity index (χ4v) is 5.38. The van der Waals surface area contributed by atoms with Gasteiger partial charge in [-0.1, -0.05) is 36.4 Å². The number of benzene rings is 3. The Morgan fingerprint density at radius 1 is 0.875 bits per heavy atom. The van der Waals surface area contributed by atoms with Gasteiger partial charge in [0.25, 0.3) is 0 Å². The minimum atomic E-state index is -3.58. The molecule has 32 heavy (non-hydrogen) atoms. The van der Waals surface area contributed by atoms with Gasteiger partial charge >= 0.3 is 0 Å². The molecule has 0 saturated carbocycles. The summed E-state index contributed by atoms with van der Waals surface area (Å²) in [6.45, 7) is 2.27. The van der Waals surface area contributed by atoms with Crippen LogP contribution in [-0.2, 0) is 16.6 Å². The number of tetrazole rings is 1. The van der Waals surface area contributed by atoms with Gasteiger partial charge in [0.15, 0.2) is 5.82 Å². The molecule has 0 unspecified atom stereocenters. The molecule has 0 atom stereocenters. The van der Waals surface area contributed by atoms with Gasteiger partial charge in [0, 0.05) is 26.2 Å². The van der Waals surface area contributed by atoms with Crippen molar-refractivity contribution >= 4 is 20.8 Å².